The molecule has 90 valence electrons. The monoisotopic (exact) mass is 242 g/mol. The lowest BCUT2D eigenvalue weighted by Gasteiger charge is -2.24. The van der Waals surface area contributed by atoms with Crippen LogP contribution in [0.15, 0.2) is 18.2 Å². The third-order valence-electron chi connectivity index (χ3n) is 2.58. The van der Waals surface area contributed by atoms with Crippen molar-refractivity contribution in [1.29, 1.82) is 0 Å². The van der Waals surface area contributed by atoms with Crippen LogP contribution in [0.1, 0.15) is 15.9 Å². The second-order valence-electron chi connectivity index (χ2n) is 3.93. The van der Waals surface area contributed by atoms with Crippen LogP contribution in [0, 0.1) is 6.92 Å². The molecular weight excluding hydrogens is 234 g/mol. The highest BCUT2D eigenvalue weighted by atomic mass is 19.4. The van der Waals surface area contributed by atoms with E-state index in [1.165, 1.54) is 6.07 Å². The van der Waals surface area contributed by atoms with E-state index in [0.29, 0.717) is 10.5 Å². The number of amides is 1. The van der Waals surface area contributed by atoms with Gasteiger partial charge < -0.3 is 17.8 Å². The van der Waals surface area contributed by atoms with Gasteiger partial charge in [-0.25, -0.2) is 0 Å². The van der Waals surface area contributed by atoms with Crippen molar-refractivity contribution in [3.8, 4) is 0 Å². The molecule has 0 fully saturated rings. The number of carbonyl (C=O) groups excluding carboxylic acids is 2. The smallest absolute Gasteiger partial charge is 0.448 e. The van der Waals surface area contributed by atoms with E-state index in [4.69, 9.17) is 0 Å². The topological polar surface area (TPSA) is 37.4 Å². The van der Waals surface area contributed by atoms with Gasteiger partial charge in [0.05, 0.1) is 11.3 Å². The quantitative estimate of drug-likeness (QED) is 0.586. The fourth-order valence-electron chi connectivity index (χ4n) is 1.92. The molecule has 0 N–H and O–H groups in total. The van der Waals surface area contributed by atoms with E-state index >= 15 is 0 Å². The van der Waals surface area contributed by atoms with Gasteiger partial charge in [0.1, 0.15) is 0 Å². The van der Waals surface area contributed by atoms with Crippen molar-refractivity contribution >= 4 is 24.4 Å². The van der Waals surface area contributed by atoms with Crippen LogP contribution in [-0.4, -0.2) is 25.1 Å². The number of anilines is 1. The first-order valence-electron chi connectivity index (χ1n) is 4.98. The summed E-state index contributed by atoms with van der Waals surface area (Å²) in [5.41, 5.74) is 0.624. The second-order valence-corrected chi connectivity index (χ2v) is 3.93. The molecule has 0 saturated carbocycles. The highest BCUT2D eigenvalue weighted by molar-refractivity contribution is 6.62. The van der Waals surface area contributed by atoms with Gasteiger partial charge in [-0.3, -0.25) is 9.59 Å². The molecule has 7 heteroatoms. The summed E-state index contributed by atoms with van der Waals surface area (Å²) in [7, 11) is 0. The van der Waals surface area contributed by atoms with E-state index < -0.39 is 25.1 Å². The molecule has 1 aromatic rings. The summed E-state index contributed by atoms with van der Waals surface area (Å²) in [6.07, 6.45) is -1.37. The molecule has 0 aliphatic carbocycles. The first-order chi connectivity index (χ1) is 7.81. The van der Waals surface area contributed by atoms with E-state index in [1.807, 2.05) is 0 Å². The summed E-state index contributed by atoms with van der Waals surface area (Å²) >= 11 is 0. The predicted octanol–water partition coefficient (Wildman–Crippen LogP) is 1.91. The van der Waals surface area contributed by atoms with Gasteiger partial charge in [-0.1, -0.05) is 12.1 Å². The van der Waals surface area contributed by atoms with Crippen LogP contribution in [0.25, 0.3) is 0 Å². The molecular formula is C10H8BF3NO2-. The van der Waals surface area contributed by atoms with Gasteiger partial charge >= 0.3 is 6.98 Å². The van der Waals surface area contributed by atoms with Gasteiger partial charge in [0.2, 0.25) is 0 Å². The molecule has 0 spiro atoms. The first kappa shape index (κ1) is 11.7. The number of Topliss-reactive ketones (excluding diaryl/α,β-unsaturated/α-hetero) is 1. The Hall–Kier alpha value is -1.79. The Morgan fingerprint density at radius 1 is 1.24 bits per heavy atom. The predicted molar refractivity (Wildman–Crippen MR) is 56.9 cm³/mol. The van der Waals surface area contributed by atoms with Crippen molar-refractivity contribution in [3.05, 3.63) is 29.3 Å². The Bertz CT molecular complexity index is 513. The average Bonchev–Trinajstić information content (AvgIpc) is 2.43. The number of nitrogens with zero attached hydrogens (tertiary/aromatic N) is 1. The Morgan fingerprint density at radius 2 is 1.88 bits per heavy atom. The van der Waals surface area contributed by atoms with E-state index in [9.17, 15) is 22.5 Å². The molecule has 3 nitrogen and oxygen atoms in total. The minimum absolute atomic E-state index is 0.0510. The van der Waals surface area contributed by atoms with Crippen LogP contribution in [0.2, 0.25) is 0 Å². The zero-order valence-corrected chi connectivity index (χ0v) is 8.91. The van der Waals surface area contributed by atoms with E-state index in [0.717, 1.165) is 0 Å². The number of hydrogen-bond acceptors (Lipinski definition) is 2. The molecule has 17 heavy (non-hydrogen) atoms. The SMILES string of the molecule is Cc1cccc2c1N(C[B-](F)(F)F)C(=O)C2=O. The lowest BCUT2D eigenvalue weighted by molar-refractivity contribution is -0.114. The molecule has 1 amide bonds. The van der Waals surface area contributed by atoms with Gasteiger partial charge in [0, 0.05) is 0 Å². The van der Waals surface area contributed by atoms with Crippen molar-refractivity contribution in [2.24, 2.45) is 0 Å². The maximum absolute atomic E-state index is 12.4. The van der Waals surface area contributed by atoms with Crippen molar-refractivity contribution in [3.63, 3.8) is 0 Å². The summed E-state index contributed by atoms with van der Waals surface area (Å²) in [5, 5.41) is 0. The number of carbonyl (C=O) groups is 2. The van der Waals surface area contributed by atoms with Crippen LogP contribution in [-0.2, 0) is 4.79 Å². The number of rotatable bonds is 2. The van der Waals surface area contributed by atoms with Crippen LogP contribution in [0.3, 0.4) is 0 Å². The number of fused-ring (bicyclic) bond motifs is 1. The molecule has 0 unspecified atom stereocenters. The van der Waals surface area contributed by atoms with E-state index in [-0.39, 0.29) is 11.3 Å². The number of para-hydroxylation sites is 1. The highest BCUT2D eigenvalue weighted by Crippen LogP contribution is 2.33. The molecule has 0 saturated heterocycles. The maximum atomic E-state index is 12.4. The van der Waals surface area contributed by atoms with Crippen LogP contribution >= 0.6 is 0 Å². The molecule has 0 bridgehead atoms. The number of hydrogen-bond donors (Lipinski definition) is 0. The summed E-state index contributed by atoms with van der Waals surface area (Å²) in [6, 6.07) is 4.48. The van der Waals surface area contributed by atoms with Crippen molar-refractivity contribution < 1.29 is 22.5 Å². The van der Waals surface area contributed by atoms with Crippen molar-refractivity contribution in [2.75, 3.05) is 11.3 Å². The van der Waals surface area contributed by atoms with Gasteiger partial charge in [-0.05, 0) is 25.0 Å². The number of ketones is 1. The average molecular weight is 242 g/mol. The summed E-state index contributed by atoms with van der Waals surface area (Å²) in [6.45, 7) is -3.59. The first-order valence-corrected chi connectivity index (χ1v) is 4.98. The lowest BCUT2D eigenvalue weighted by Crippen LogP contribution is -2.41. The Balaban J connectivity index is 2.51. The third-order valence-corrected chi connectivity index (χ3v) is 2.58. The Morgan fingerprint density at radius 3 is 2.47 bits per heavy atom. The highest BCUT2D eigenvalue weighted by Gasteiger charge is 2.40. The van der Waals surface area contributed by atoms with Crippen molar-refractivity contribution in [2.45, 2.75) is 6.92 Å². The normalized spacial score (nSPS) is 15.4. The number of aryl methyl sites for hydroxylation is 1. The number of halogens is 3. The fourth-order valence-corrected chi connectivity index (χ4v) is 1.92. The maximum Gasteiger partial charge on any atom is 0.497 e. The fraction of sp³-hybridized carbons (Fsp3) is 0.200. The lowest BCUT2D eigenvalue weighted by atomic mass is 9.91. The number of benzene rings is 1. The minimum atomic E-state index is -5.16. The summed E-state index contributed by atoms with van der Waals surface area (Å²) in [4.78, 5) is 23.5. The molecule has 0 aromatic heterocycles. The molecule has 1 heterocycles. The van der Waals surface area contributed by atoms with Gasteiger partial charge in [-0.15, -0.1) is 0 Å². The van der Waals surface area contributed by atoms with Crippen LogP contribution < -0.4 is 4.90 Å². The van der Waals surface area contributed by atoms with Gasteiger partial charge in [0.15, 0.2) is 0 Å². The third kappa shape index (κ3) is 1.92. The van der Waals surface area contributed by atoms with Crippen molar-refractivity contribution in [1.82, 2.24) is 0 Å². The molecule has 1 aromatic carbocycles. The Kier molecular flexibility index (Phi) is 2.48. The molecule has 1 aliphatic rings. The largest absolute Gasteiger partial charge is 0.497 e. The molecule has 0 radical (unpaired) electrons. The standard InChI is InChI=1S/C10H8BF3NO2/c1-6-3-2-4-7-8(6)15(5-11(12,13)14)10(17)9(7)16/h2-4H,5H2,1H3/q-1. The van der Waals surface area contributed by atoms with Gasteiger partial charge in [-0.2, -0.15) is 0 Å². The molecule has 0 atom stereocenters. The Labute approximate surface area is 95.3 Å². The van der Waals surface area contributed by atoms with Crippen LogP contribution in [0.5, 0.6) is 0 Å². The molecule has 2 rings (SSSR count). The van der Waals surface area contributed by atoms with E-state index in [2.05, 4.69) is 0 Å². The summed E-state index contributed by atoms with van der Waals surface area (Å²) < 4.78 is 37.2. The minimum Gasteiger partial charge on any atom is -0.448 e. The zero-order chi connectivity index (χ0) is 12.8. The second kappa shape index (κ2) is 3.61. The van der Waals surface area contributed by atoms with E-state index in [1.54, 1.807) is 19.1 Å². The molecule has 1 aliphatic heterocycles. The zero-order valence-electron chi connectivity index (χ0n) is 8.91. The van der Waals surface area contributed by atoms with Gasteiger partial charge in [0.25, 0.3) is 11.7 Å². The van der Waals surface area contributed by atoms with Crippen LogP contribution in [0.4, 0.5) is 18.6 Å². The summed E-state index contributed by atoms with van der Waals surface area (Å²) in [5.74, 6) is -1.97.